The van der Waals surface area contributed by atoms with Gasteiger partial charge in [-0.1, -0.05) is 7.60 Å². The Morgan fingerprint density at radius 2 is 1.67 bits per heavy atom. The molecule has 0 unspecified atom stereocenters. The predicted octanol–water partition coefficient (Wildman–Crippen LogP) is -0.109. The summed E-state index contributed by atoms with van der Waals surface area (Å²) in [6, 6.07) is 0. The summed E-state index contributed by atoms with van der Waals surface area (Å²) in [4.78, 5) is 19.2. The number of alkyl halides is 1. The van der Waals surface area contributed by atoms with Gasteiger partial charge in [0.25, 0.3) is 0 Å². The molecule has 0 aromatic carbocycles. The Kier molecular flexibility index (Phi) is 11.6. The van der Waals surface area contributed by atoms with Gasteiger partial charge in [-0.05, 0) is 6.16 Å². The second kappa shape index (κ2) is 6.48. The van der Waals surface area contributed by atoms with Gasteiger partial charge in [-0.25, -0.2) is 0 Å². The minimum absolute atomic E-state index is 0. The smallest absolute Gasteiger partial charge is 0.0269 e. The summed E-state index contributed by atoms with van der Waals surface area (Å²) in [5.41, 5.74) is 0. The van der Waals surface area contributed by atoms with E-state index in [1.807, 2.05) is 0 Å². The monoisotopic (exact) mass is 178 g/mol. The molecule has 0 aliphatic heterocycles. The van der Waals surface area contributed by atoms with E-state index in [-0.39, 0.29) is 18.2 Å². The molecule has 5 nitrogen and oxygen atoms in total. The molecule has 0 heterocycles. The van der Waals surface area contributed by atoms with Crippen molar-refractivity contribution in [3.8, 4) is 0 Å². The zero-order chi connectivity index (χ0) is 5.91. The lowest BCUT2D eigenvalue weighted by molar-refractivity contribution is -0.313. The third kappa shape index (κ3) is 17.8. The van der Waals surface area contributed by atoms with Crippen LogP contribution in [0.25, 0.3) is 0 Å². The van der Waals surface area contributed by atoms with E-state index in [4.69, 9.17) is 11.6 Å². The van der Waals surface area contributed by atoms with Gasteiger partial charge in [-0.15, -0.1) is 11.6 Å². The molecule has 0 radical (unpaired) electrons. The van der Waals surface area contributed by atoms with Gasteiger partial charge in [0.05, 0.1) is 0 Å². The van der Waals surface area contributed by atoms with Gasteiger partial charge < -0.3 is 26.7 Å². The maximum Gasteiger partial charge on any atom is 0.0269 e. The van der Waals surface area contributed by atoms with Crippen LogP contribution in [0.1, 0.15) is 0 Å². The molecule has 0 atom stereocenters. The minimum atomic E-state index is -4.30. The van der Waals surface area contributed by atoms with Crippen molar-refractivity contribution in [1.82, 2.24) is 12.3 Å². The van der Waals surface area contributed by atoms with Crippen molar-refractivity contribution in [2.45, 2.75) is 0 Å². The molecule has 0 rings (SSSR count). The molecule has 0 aromatic rings. The number of hydrogen-bond donors (Lipinski definition) is 2. The third-order valence-corrected chi connectivity index (χ3v) is 1.58. The van der Waals surface area contributed by atoms with E-state index >= 15 is 0 Å². The van der Waals surface area contributed by atoms with Crippen molar-refractivity contribution >= 4 is 19.2 Å². The molecule has 8 N–H and O–H groups in total. The van der Waals surface area contributed by atoms with Gasteiger partial charge in [0.15, 0.2) is 0 Å². The highest BCUT2D eigenvalue weighted by Gasteiger charge is 1.84. The van der Waals surface area contributed by atoms with Crippen LogP contribution in [0.3, 0.4) is 0 Å². The molecular weight excluding hydrogens is 166 g/mol. The van der Waals surface area contributed by atoms with Crippen LogP contribution in [-0.4, -0.2) is 12.0 Å². The van der Waals surface area contributed by atoms with Crippen molar-refractivity contribution in [3.63, 3.8) is 0 Å². The zero-order valence-corrected chi connectivity index (χ0v) is 7.11. The zero-order valence-electron chi connectivity index (χ0n) is 5.46. The Labute approximate surface area is 58.7 Å². The van der Waals surface area contributed by atoms with Gasteiger partial charge in [0.2, 0.25) is 0 Å². The van der Waals surface area contributed by atoms with Crippen LogP contribution < -0.4 is 22.1 Å². The first-order chi connectivity index (χ1) is 3.06. The molecule has 0 amide bonds. The molecule has 0 saturated heterocycles. The lowest BCUT2D eigenvalue weighted by atomic mass is 11.0. The largest absolute Gasteiger partial charge is 0.811 e. The summed E-state index contributed by atoms with van der Waals surface area (Å²) in [5.74, 6) is -0.107. The van der Waals surface area contributed by atoms with E-state index in [0.29, 0.717) is 0 Å². The minimum Gasteiger partial charge on any atom is -0.811 e. The first-order valence-electron chi connectivity index (χ1n) is 1.63. The van der Waals surface area contributed by atoms with Gasteiger partial charge in [0.1, 0.15) is 0 Å². The second-order valence-electron chi connectivity index (χ2n) is 1.02. The molecule has 9 heavy (non-hydrogen) atoms. The highest BCUT2D eigenvalue weighted by molar-refractivity contribution is 7.48. The van der Waals surface area contributed by atoms with Crippen molar-refractivity contribution in [1.29, 1.82) is 0 Å². The Hall–Kier alpha value is 0.360. The summed E-state index contributed by atoms with van der Waals surface area (Å²) in [5, 5.41) is 0. The first kappa shape index (κ1) is 16.2. The van der Waals surface area contributed by atoms with E-state index in [9.17, 15) is 14.4 Å². The normalized spacial score (nSPS) is 9.22. The third-order valence-electron chi connectivity index (χ3n) is 0.358. The van der Waals surface area contributed by atoms with Crippen LogP contribution in [0.4, 0.5) is 0 Å². The van der Waals surface area contributed by atoms with E-state index in [0.717, 1.165) is 0 Å². The molecule has 7 heteroatoms. The second-order valence-corrected chi connectivity index (χ2v) is 3.07. The Morgan fingerprint density at radius 3 is 1.67 bits per heavy atom. The summed E-state index contributed by atoms with van der Waals surface area (Å²) in [6.45, 7) is 0. The van der Waals surface area contributed by atoms with Crippen molar-refractivity contribution < 1.29 is 14.4 Å². The quantitative estimate of drug-likeness (QED) is 0.451. The van der Waals surface area contributed by atoms with Crippen molar-refractivity contribution in [2.75, 3.05) is 12.0 Å². The summed E-state index contributed by atoms with van der Waals surface area (Å²) < 4.78 is 9.62. The van der Waals surface area contributed by atoms with Crippen LogP contribution >= 0.6 is 19.2 Å². The van der Waals surface area contributed by atoms with E-state index in [1.165, 1.54) is 0 Å². The molecule has 0 aliphatic carbocycles. The standard InChI is InChI=1S/C2H6ClO3P.2H3N/c3-1-2-7(4,5)6;;/h1-2H2,(H2,4,5,6);2*1H3. The molecular formula is C2H12ClN2O3P. The molecule has 0 spiro atoms. The fourth-order valence-electron chi connectivity index (χ4n) is 0.104. The number of halogens is 1. The van der Waals surface area contributed by atoms with Crippen molar-refractivity contribution in [2.24, 2.45) is 0 Å². The van der Waals surface area contributed by atoms with Crippen LogP contribution in [0.2, 0.25) is 0 Å². The van der Waals surface area contributed by atoms with Crippen molar-refractivity contribution in [3.05, 3.63) is 0 Å². The number of hydrogen-bond acceptors (Lipinski definition) is 3. The lowest BCUT2D eigenvalue weighted by Crippen LogP contribution is -2.17. The lowest BCUT2D eigenvalue weighted by Gasteiger charge is -2.27. The molecule has 0 fully saturated rings. The van der Waals surface area contributed by atoms with Gasteiger partial charge in [-0.3, -0.25) is 0 Å². The highest BCUT2D eigenvalue weighted by Crippen LogP contribution is 2.21. The molecule has 0 saturated carbocycles. The van der Waals surface area contributed by atoms with Crippen LogP contribution in [0, 0.1) is 0 Å². The molecule has 0 aliphatic rings. The molecule has 0 aromatic heterocycles. The van der Waals surface area contributed by atoms with Gasteiger partial charge >= 0.3 is 0 Å². The van der Waals surface area contributed by atoms with Crippen LogP contribution in [0.5, 0.6) is 0 Å². The first-order valence-corrected chi connectivity index (χ1v) is 3.89. The SMILES string of the molecule is O=P([O-])([O-])CCCl.[NH4+].[NH4+]. The predicted molar refractivity (Wildman–Crippen MR) is 35.2 cm³/mol. The summed E-state index contributed by atoms with van der Waals surface area (Å²) >= 11 is 4.91. The Balaban J connectivity index is -0.000000180. The fraction of sp³-hybridized carbons (Fsp3) is 1.00. The Morgan fingerprint density at radius 1 is 1.33 bits per heavy atom. The average molecular weight is 179 g/mol. The summed E-state index contributed by atoms with van der Waals surface area (Å²) in [6.07, 6.45) is -0.450. The maximum atomic E-state index is 9.62. The highest BCUT2D eigenvalue weighted by atomic mass is 35.5. The van der Waals surface area contributed by atoms with Gasteiger partial charge in [-0.2, -0.15) is 0 Å². The van der Waals surface area contributed by atoms with E-state index in [2.05, 4.69) is 0 Å². The topological polar surface area (TPSA) is 136 Å². The summed E-state index contributed by atoms with van der Waals surface area (Å²) in [7, 11) is -4.30. The van der Waals surface area contributed by atoms with Gasteiger partial charge in [0, 0.05) is 5.88 Å². The molecule has 0 bridgehead atoms. The molecule has 60 valence electrons. The fourth-order valence-corrected chi connectivity index (χ4v) is 0.932. The van der Waals surface area contributed by atoms with E-state index in [1.54, 1.807) is 0 Å². The number of quaternary nitrogens is 2. The average Bonchev–Trinajstić information content (AvgIpc) is 1.30. The van der Waals surface area contributed by atoms with Crippen LogP contribution in [-0.2, 0) is 4.57 Å². The maximum absolute atomic E-state index is 9.62. The number of rotatable bonds is 2. The Bertz CT molecular complexity index is 93.8. The van der Waals surface area contributed by atoms with Crippen LogP contribution in [0.15, 0.2) is 0 Å². The van der Waals surface area contributed by atoms with E-state index < -0.39 is 13.8 Å².